The molecule has 4 fully saturated rings. The van der Waals surface area contributed by atoms with E-state index in [2.05, 4.69) is 15.8 Å². The van der Waals surface area contributed by atoms with Gasteiger partial charge in [0.1, 0.15) is 0 Å². The molecule has 0 aromatic carbocycles. The minimum Gasteiger partial charge on any atom is -0.273 e. The second kappa shape index (κ2) is 5.62. The molecule has 1 aromatic rings. The Hall–Kier alpha value is -1.91. The largest absolute Gasteiger partial charge is 0.273 e. The predicted molar refractivity (Wildman–Crippen MR) is 85.1 cm³/mol. The van der Waals surface area contributed by atoms with Gasteiger partial charge in [0.25, 0.3) is 5.91 Å². The maximum absolute atomic E-state index is 12.3. The summed E-state index contributed by atoms with van der Waals surface area (Å²) in [6, 6.07) is 3.37. The van der Waals surface area contributed by atoms with Crippen LogP contribution in [0.3, 0.4) is 0 Å². The van der Waals surface area contributed by atoms with Crippen LogP contribution in [-0.2, 0) is 4.79 Å². The first kappa shape index (κ1) is 14.7. The van der Waals surface area contributed by atoms with E-state index in [1.54, 1.807) is 18.3 Å². The molecule has 5 nitrogen and oxygen atoms in total. The molecule has 1 aromatic heterocycles. The quantitative estimate of drug-likeness (QED) is 0.842. The normalized spacial score (nSPS) is 34.2. The lowest BCUT2D eigenvalue weighted by Crippen LogP contribution is -2.50. The number of amides is 2. The van der Waals surface area contributed by atoms with Crippen LogP contribution in [0, 0.1) is 23.2 Å². The Bertz CT molecular complexity index is 579. The Morgan fingerprint density at radius 1 is 1.09 bits per heavy atom. The Labute approximate surface area is 136 Å². The number of hydrogen-bond acceptors (Lipinski definition) is 3. The average Bonchev–Trinajstić information content (AvgIpc) is 2.51. The van der Waals surface area contributed by atoms with Crippen molar-refractivity contribution >= 4 is 11.8 Å². The smallest absolute Gasteiger partial charge is 0.271 e. The van der Waals surface area contributed by atoms with Crippen LogP contribution in [0.25, 0.3) is 0 Å². The molecule has 5 heteroatoms. The number of carbonyl (C=O) groups is 2. The van der Waals surface area contributed by atoms with E-state index < -0.39 is 0 Å². The van der Waals surface area contributed by atoms with E-state index in [0.29, 0.717) is 12.0 Å². The maximum Gasteiger partial charge on any atom is 0.271 e. The summed E-state index contributed by atoms with van der Waals surface area (Å²) < 4.78 is 0. The lowest BCUT2D eigenvalue weighted by molar-refractivity contribution is -0.130. The SMILES string of the molecule is O=C(CC12CC3CC(CC(C3)C1)C2)NNC(=O)c1cccnc1. The molecule has 23 heavy (non-hydrogen) atoms. The molecule has 1 heterocycles. The molecular weight excluding hydrogens is 290 g/mol. The van der Waals surface area contributed by atoms with E-state index in [0.717, 1.165) is 17.8 Å². The van der Waals surface area contributed by atoms with Crippen molar-refractivity contribution in [2.24, 2.45) is 23.2 Å². The van der Waals surface area contributed by atoms with Crippen LogP contribution in [0.15, 0.2) is 24.5 Å². The van der Waals surface area contributed by atoms with Gasteiger partial charge in [-0.05, 0) is 73.8 Å². The molecule has 5 rings (SSSR count). The number of hydrogen-bond donors (Lipinski definition) is 2. The fourth-order valence-electron chi connectivity index (χ4n) is 5.59. The van der Waals surface area contributed by atoms with Gasteiger partial charge in [-0.25, -0.2) is 0 Å². The zero-order valence-corrected chi connectivity index (χ0v) is 13.3. The minimum atomic E-state index is -0.322. The van der Waals surface area contributed by atoms with E-state index in [1.165, 1.54) is 44.7 Å². The van der Waals surface area contributed by atoms with Gasteiger partial charge < -0.3 is 0 Å². The molecule has 4 aliphatic carbocycles. The van der Waals surface area contributed by atoms with Crippen LogP contribution in [0.5, 0.6) is 0 Å². The summed E-state index contributed by atoms with van der Waals surface area (Å²) in [5.74, 6) is 2.11. The van der Waals surface area contributed by atoms with Crippen LogP contribution >= 0.6 is 0 Å². The Morgan fingerprint density at radius 2 is 1.74 bits per heavy atom. The fraction of sp³-hybridized carbons (Fsp3) is 0.611. The molecule has 0 aliphatic heterocycles. The summed E-state index contributed by atoms with van der Waals surface area (Å²) in [5.41, 5.74) is 5.73. The van der Waals surface area contributed by atoms with Crippen molar-refractivity contribution in [3.63, 3.8) is 0 Å². The standard InChI is InChI=1S/C18H23N3O2/c22-16(20-21-17(23)15-2-1-3-19-11-15)10-18-7-12-4-13(8-18)6-14(5-12)9-18/h1-3,11-14H,4-10H2,(H,20,22)(H,21,23). The van der Waals surface area contributed by atoms with Crippen LogP contribution in [0.1, 0.15) is 55.3 Å². The molecule has 0 unspecified atom stereocenters. The van der Waals surface area contributed by atoms with E-state index in [1.807, 2.05) is 0 Å². The van der Waals surface area contributed by atoms with Crippen molar-refractivity contribution < 1.29 is 9.59 Å². The Morgan fingerprint density at radius 3 is 2.30 bits per heavy atom. The highest BCUT2D eigenvalue weighted by atomic mass is 16.2. The van der Waals surface area contributed by atoms with Crippen LogP contribution in [0.2, 0.25) is 0 Å². The van der Waals surface area contributed by atoms with E-state index in [9.17, 15) is 9.59 Å². The predicted octanol–water partition coefficient (Wildman–Crippen LogP) is 2.45. The molecule has 0 radical (unpaired) electrons. The van der Waals surface area contributed by atoms with E-state index in [-0.39, 0.29) is 17.2 Å². The van der Waals surface area contributed by atoms with Gasteiger partial charge in [0, 0.05) is 18.8 Å². The summed E-state index contributed by atoms with van der Waals surface area (Å²) in [6.07, 6.45) is 11.4. The highest BCUT2D eigenvalue weighted by molar-refractivity contribution is 5.95. The third-order valence-electron chi connectivity index (χ3n) is 5.94. The monoisotopic (exact) mass is 313 g/mol. The van der Waals surface area contributed by atoms with Gasteiger partial charge >= 0.3 is 0 Å². The fourth-order valence-corrected chi connectivity index (χ4v) is 5.59. The van der Waals surface area contributed by atoms with Crippen LogP contribution < -0.4 is 10.9 Å². The molecule has 0 spiro atoms. The Kier molecular flexibility index (Phi) is 3.58. The zero-order valence-electron chi connectivity index (χ0n) is 13.3. The van der Waals surface area contributed by atoms with Crippen molar-refractivity contribution in [3.8, 4) is 0 Å². The number of nitrogens with one attached hydrogen (secondary N) is 2. The lowest BCUT2D eigenvalue weighted by Gasteiger charge is -2.56. The van der Waals surface area contributed by atoms with Crippen molar-refractivity contribution in [1.29, 1.82) is 0 Å². The number of carbonyl (C=O) groups excluding carboxylic acids is 2. The minimum absolute atomic E-state index is 0.0656. The van der Waals surface area contributed by atoms with Crippen molar-refractivity contribution in [2.75, 3.05) is 0 Å². The van der Waals surface area contributed by atoms with Crippen LogP contribution in [0.4, 0.5) is 0 Å². The zero-order chi connectivity index (χ0) is 15.9. The summed E-state index contributed by atoms with van der Waals surface area (Å²) in [7, 11) is 0. The number of rotatable bonds is 3. The first-order valence-corrected chi connectivity index (χ1v) is 8.61. The lowest BCUT2D eigenvalue weighted by atomic mass is 9.49. The third kappa shape index (κ3) is 2.96. The van der Waals surface area contributed by atoms with Crippen LogP contribution in [-0.4, -0.2) is 16.8 Å². The molecule has 4 saturated carbocycles. The number of hydrazine groups is 1. The average molecular weight is 313 g/mol. The third-order valence-corrected chi connectivity index (χ3v) is 5.94. The van der Waals surface area contributed by atoms with Gasteiger partial charge in [-0.1, -0.05) is 0 Å². The second-order valence-electron chi connectivity index (χ2n) is 7.84. The summed E-state index contributed by atoms with van der Waals surface area (Å²) in [5, 5.41) is 0. The summed E-state index contributed by atoms with van der Waals surface area (Å²) in [6.45, 7) is 0. The van der Waals surface area contributed by atoms with Crippen molar-refractivity contribution in [3.05, 3.63) is 30.1 Å². The molecule has 4 aliphatic rings. The summed E-state index contributed by atoms with van der Waals surface area (Å²) >= 11 is 0. The second-order valence-corrected chi connectivity index (χ2v) is 7.84. The molecule has 122 valence electrons. The number of pyridine rings is 1. The van der Waals surface area contributed by atoms with Gasteiger partial charge in [0.2, 0.25) is 5.91 Å². The summed E-state index contributed by atoms with van der Waals surface area (Å²) in [4.78, 5) is 28.2. The topological polar surface area (TPSA) is 71.1 Å². The number of nitrogens with zero attached hydrogens (tertiary/aromatic N) is 1. The van der Waals surface area contributed by atoms with Gasteiger partial charge in [-0.2, -0.15) is 0 Å². The highest BCUT2D eigenvalue weighted by Crippen LogP contribution is 2.61. The first-order chi connectivity index (χ1) is 11.1. The molecule has 4 bridgehead atoms. The van der Waals surface area contributed by atoms with Gasteiger partial charge in [-0.15, -0.1) is 0 Å². The van der Waals surface area contributed by atoms with Crippen molar-refractivity contribution in [2.45, 2.75) is 44.9 Å². The first-order valence-electron chi connectivity index (χ1n) is 8.61. The van der Waals surface area contributed by atoms with E-state index >= 15 is 0 Å². The molecule has 2 amide bonds. The van der Waals surface area contributed by atoms with Crippen molar-refractivity contribution in [1.82, 2.24) is 15.8 Å². The van der Waals surface area contributed by atoms with Gasteiger partial charge in [-0.3, -0.25) is 25.4 Å². The maximum atomic E-state index is 12.3. The van der Waals surface area contributed by atoms with Gasteiger partial charge in [0.15, 0.2) is 0 Å². The van der Waals surface area contributed by atoms with Gasteiger partial charge in [0.05, 0.1) is 5.56 Å². The highest BCUT2D eigenvalue weighted by Gasteiger charge is 2.51. The van der Waals surface area contributed by atoms with E-state index in [4.69, 9.17) is 0 Å². The molecule has 0 saturated heterocycles. The number of aromatic nitrogens is 1. The molecular formula is C18H23N3O2. The Balaban J connectivity index is 1.33. The molecule has 2 N–H and O–H groups in total. The molecule has 0 atom stereocenters.